The molecule has 2 aromatic carbocycles. The van der Waals surface area contributed by atoms with Crippen LogP contribution in [0.15, 0.2) is 58.4 Å². The lowest BCUT2D eigenvalue weighted by atomic mass is 10.2. The van der Waals surface area contributed by atoms with Crippen molar-refractivity contribution in [1.82, 2.24) is 5.32 Å². The molecule has 0 aliphatic carbocycles. The minimum absolute atomic E-state index is 0.261. The third-order valence-electron chi connectivity index (χ3n) is 3.38. The van der Waals surface area contributed by atoms with E-state index in [1.54, 1.807) is 6.08 Å². The van der Waals surface area contributed by atoms with Crippen LogP contribution in [-0.4, -0.2) is 17.0 Å². The first-order valence-electron chi connectivity index (χ1n) is 7.77. The molecule has 0 unspecified atom stereocenters. The van der Waals surface area contributed by atoms with Gasteiger partial charge >= 0.3 is 0 Å². The summed E-state index contributed by atoms with van der Waals surface area (Å²) in [6, 6.07) is 14.8. The summed E-state index contributed by atoms with van der Waals surface area (Å²) in [6.07, 6.45) is 1.72. The second kappa shape index (κ2) is 8.21. The van der Waals surface area contributed by atoms with Gasteiger partial charge in [0.25, 0.3) is 5.91 Å². The van der Waals surface area contributed by atoms with E-state index in [0.29, 0.717) is 27.5 Å². The second-order valence-electron chi connectivity index (χ2n) is 5.50. The molecule has 0 bridgehead atoms. The summed E-state index contributed by atoms with van der Waals surface area (Å²) in [4.78, 5) is 27.2. The average molecular weight is 387 g/mol. The number of halogens is 1. The lowest BCUT2D eigenvalue weighted by Gasteiger charge is -2.07. The lowest BCUT2D eigenvalue weighted by molar-refractivity contribution is -0.117. The number of carbonyl (C=O) groups is 2. The first-order valence-corrected chi connectivity index (χ1v) is 8.96. The number of rotatable bonds is 4. The lowest BCUT2D eigenvalue weighted by Crippen LogP contribution is -2.23. The van der Waals surface area contributed by atoms with Crippen LogP contribution in [0.1, 0.15) is 18.1 Å². The van der Waals surface area contributed by atoms with E-state index in [4.69, 9.17) is 16.3 Å². The fourth-order valence-electron chi connectivity index (χ4n) is 2.21. The highest BCUT2D eigenvalue weighted by Gasteiger charge is 2.22. The van der Waals surface area contributed by atoms with Gasteiger partial charge in [-0.15, -0.1) is 0 Å². The molecule has 7 heteroatoms. The summed E-state index contributed by atoms with van der Waals surface area (Å²) < 4.78 is 5.79. The molecule has 1 N–H and O–H groups in total. The van der Waals surface area contributed by atoms with Crippen molar-refractivity contribution in [3.63, 3.8) is 0 Å². The number of benzene rings is 2. The summed E-state index contributed by atoms with van der Waals surface area (Å²) in [5, 5.41) is 3.50. The van der Waals surface area contributed by atoms with Crippen molar-refractivity contribution >= 4 is 46.4 Å². The predicted octanol–water partition coefficient (Wildman–Crippen LogP) is 4.03. The molecule has 2 amide bonds. The van der Waals surface area contributed by atoms with Gasteiger partial charge in [-0.3, -0.25) is 9.59 Å². The normalized spacial score (nSPS) is 15.1. The van der Waals surface area contributed by atoms with E-state index in [0.717, 1.165) is 22.9 Å². The highest BCUT2D eigenvalue weighted by molar-refractivity contribution is 8.18. The van der Waals surface area contributed by atoms with E-state index in [2.05, 4.69) is 10.3 Å². The Labute approximate surface area is 160 Å². The number of thioether (sulfide) groups is 1. The summed E-state index contributed by atoms with van der Waals surface area (Å²) >= 11 is 7.01. The van der Waals surface area contributed by atoms with E-state index in [9.17, 15) is 9.59 Å². The Morgan fingerprint density at radius 3 is 2.77 bits per heavy atom. The Bertz CT molecular complexity index is 907. The minimum Gasteiger partial charge on any atom is -0.489 e. The van der Waals surface area contributed by atoms with Crippen molar-refractivity contribution in [3.8, 4) is 5.75 Å². The zero-order valence-corrected chi connectivity index (χ0v) is 15.4. The number of hydrogen-bond acceptors (Lipinski definition) is 4. The van der Waals surface area contributed by atoms with Gasteiger partial charge in [0, 0.05) is 11.9 Å². The molecule has 1 aliphatic rings. The molecule has 3 rings (SSSR count). The van der Waals surface area contributed by atoms with Gasteiger partial charge in [-0.25, -0.2) is 0 Å². The number of carbonyl (C=O) groups excluding carboxylic acids is 2. The molecule has 1 aliphatic heterocycles. The van der Waals surface area contributed by atoms with E-state index in [1.165, 1.54) is 6.92 Å². The van der Waals surface area contributed by atoms with Crippen LogP contribution < -0.4 is 10.1 Å². The minimum atomic E-state index is -0.369. The Morgan fingerprint density at radius 1 is 1.27 bits per heavy atom. The Hall–Kier alpha value is -2.57. The number of ether oxygens (including phenoxy) is 1. The molecular weight excluding hydrogens is 372 g/mol. The molecule has 0 saturated heterocycles. The molecular formula is C19H15ClN2O3S. The van der Waals surface area contributed by atoms with Crippen molar-refractivity contribution in [2.24, 2.45) is 4.99 Å². The fourth-order valence-corrected chi connectivity index (χ4v) is 3.19. The van der Waals surface area contributed by atoms with Crippen LogP contribution in [0.4, 0.5) is 0 Å². The molecule has 0 fully saturated rings. The summed E-state index contributed by atoms with van der Waals surface area (Å²) in [5.41, 5.74) is 1.82. The number of nitrogens with zero attached hydrogens (tertiary/aromatic N) is 1. The molecule has 2 aromatic rings. The first kappa shape index (κ1) is 18.2. The van der Waals surface area contributed by atoms with Gasteiger partial charge < -0.3 is 10.1 Å². The summed E-state index contributed by atoms with van der Waals surface area (Å²) in [7, 11) is 0. The zero-order valence-electron chi connectivity index (χ0n) is 13.9. The number of amides is 2. The molecule has 0 aromatic heterocycles. The summed E-state index contributed by atoms with van der Waals surface area (Å²) in [6.45, 7) is 1.79. The monoisotopic (exact) mass is 386 g/mol. The third-order valence-corrected chi connectivity index (χ3v) is 4.53. The van der Waals surface area contributed by atoms with Gasteiger partial charge in [0.15, 0.2) is 5.17 Å². The van der Waals surface area contributed by atoms with E-state index < -0.39 is 0 Å². The molecule has 0 saturated carbocycles. The van der Waals surface area contributed by atoms with Crippen LogP contribution in [0, 0.1) is 0 Å². The molecule has 1 heterocycles. The van der Waals surface area contributed by atoms with Gasteiger partial charge in [0.1, 0.15) is 12.4 Å². The molecule has 0 spiro atoms. The van der Waals surface area contributed by atoms with Gasteiger partial charge in [0.05, 0.1) is 4.91 Å². The second-order valence-corrected chi connectivity index (χ2v) is 6.97. The topological polar surface area (TPSA) is 67.8 Å². The Morgan fingerprint density at radius 2 is 2.04 bits per heavy atom. The smallest absolute Gasteiger partial charge is 0.286 e. The SMILES string of the molecule is CC(=O)NC1=NC(=O)C(=Cc2cccc(OCc3ccc(Cl)cc3)c2)S1. The average Bonchev–Trinajstić information content (AvgIpc) is 2.93. The number of aliphatic imine (C=N–C) groups is 1. The highest BCUT2D eigenvalue weighted by Crippen LogP contribution is 2.28. The quantitative estimate of drug-likeness (QED) is 0.805. The predicted molar refractivity (Wildman–Crippen MR) is 104 cm³/mol. The zero-order chi connectivity index (χ0) is 18.5. The van der Waals surface area contributed by atoms with Crippen molar-refractivity contribution in [2.75, 3.05) is 0 Å². The third kappa shape index (κ3) is 4.97. The van der Waals surface area contributed by atoms with Crippen LogP contribution >= 0.6 is 23.4 Å². The largest absolute Gasteiger partial charge is 0.489 e. The van der Waals surface area contributed by atoms with Gasteiger partial charge in [-0.05, 0) is 53.2 Å². The molecule has 5 nitrogen and oxygen atoms in total. The van der Waals surface area contributed by atoms with E-state index in [-0.39, 0.29) is 11.8 Å². The maximum absolute atomic E-state index is 11.9. The van der Waals surface area contributed by atoms with Crippen molar-refractivity contribution in [3.05, 3.63) is 69.6 Å². The molecule has 132 valence electrons. The number of hydrogen-bond donors (Lipinski definition) is 1. The maximum Gasteiger partial charge on any atom is 0.286 e. The Kier molecular flexibility index (Phi) is 5.75. The van der Waals surface area contributed by atoms with Crippen molar-refractivity contribution in [2.45, 2.75) is 13.5 Å². The molecule has 0 atom stereocenters. The number of nitrogens with one attached hydrogen (secondary N) is 1. The first-order chi connectivity index (χ1) is 12.5. The van der Waals surface area contributed by atoms with Crippen LogP contribution in [-0.2, 0) is 16.2 Å². The van der Waals surface area contributed by atoms with Crippen LogP contribution in [0.2, 0.25) is 5.02 Å². The van der Waals surface area contributed by atoms with Crippen LogP contribution in [0.5, 0.6) is 5.75 Å². The highest BCUT2D eigenvalue weighted by atomic mass is 35.5. The summed E-state index contributed by atoms with van der Waals surface area (Å²) in [5.74, 6) is 0.0573. The van der Waals surface area contributed by atoms with Gasteiger partial charge in [-0.2, -0.15) is 4.99 Å². The van der Waals surface area contributed by atoms with Crippen molar-refractivity contribution in [1.29, 1.82) is 0 Å². The van der Waals surface area contributed by atoms with E-state index in [1.807, 2.05) is 48.5 Å². The van der Waals surface area contributed by atoms with Crippen molar-refractivity contribution < 1.29 is 14.3 Å². The molecule has 26 heavy (non-hydrogen) atoms. The van der Waals surface area contributed by atoms with E-state index >= 15 is 0 Å². The maximum atomic E-state index is 11.9. The van der Waals surface area contributed by atoms with Crippen LogP contribution in [0.25, 0.3) is 6.08 Å². The molecule has 0 radical (unpaired) electrons. The fraction of sp³-hybridized carbons (Fsp3) is 0.105. The standard InChI is InChI=1S/C19H15ClN2O3S/c1-12(23)21-19-22-18(24)17(26-19)10-14-3-2-4-16(9-14)25-11-13-5-7-15(20)8-6-13/h2-10H,11H2,1H3,(H,21,22,23,24). The Balaban J connectivity index is 1.67. The van der Waals surface area contributed by atoms with Gasteiger partial charge in [0.2, 0.25) is 5.91 Å². The number of amidine groups is 1. The van der Waals surface area contributed by atoms with Gasteiger partial charge in [-0.1, -0.05) is 35.9 Å². The van der Waals surface area contributed by atoms with Crippen LogP contribution in [0.3, 0.4) is 0 Å².